The molecule has 0 bridgehead atoms. The van der Waals surface area contributed by atoms with Crippen molar-refractivity contribution in [2.45, 2.75) is 19.9 Å². The number of benzene rings is 1. The van der Waals surface area contributed by atoms with Crippen LogP contribution in [-0.4, -0.2) is 14.5 Å². The summed E-state index contributed by atoms with van der Waals surface area (Å²) in [5.41, 5.74) is 0.368. The molecule has 4 nitrogen and oxygen atoms in total. The van der Waals surface area contributed by atoms with Crippen LogP contribution in [0.25, 0.3) is 0 Å². The molecule has 0 radical (unpaired) electrons. The van der Waals surface area contributed by atoms with Crippen LogP contribution in [0.2, 0.25) is 5.02 Å². The predicted molar refractivity (Wildman–Crippen MR) is 62.3 cm³/mol. The number of hydrogen-bond acceptors (Lipinski definition) is 2. The van der Waals surface area contributed by atoms with Gasteiger partial charge in [0, 0.05) is 6.04 Å². The van der Waals surface area contributed by atoms with Gasteiger partial charge in [-0.15, -0.1) is 0 Å². The highest BCUT2D eigenvalue weighted by Crippen LogP contribution is 2.21. The van der Waals surface area contributed by atoms with E-state index in [1.165, 1.54) is 0 Å². The van der Waals surface area contributed by atoms with E-state index in [0.717, 1.165) is 0 Å². The van der Waals surface area contributed by atoms with Crippen LogP contribution in [0.5, 0.6) is 0 Å². The van der Waals surface area contributed by atoms with Crippen molar-refractivity contribution >= 4 is 27.5 Å². The minimum absolute atomic E-state index is 0.162. The van der Waals surface area contributed by atoms with Crippen LogP contribution in [0, 0.1) is 0 Å². The van der Waals surface area contributed by atoms with E-state index in [1.54, 1.807) is 38.1 Å². The van der Waals surface area contributed by atoms with Crippen molar-refractivity contribution in [2.75, 3.05) is 4.72 Å². The number of para-hydroxylation sites is 1. The van der Waals surface area contributed by atoms with Crippen LogP contribution in [0.4, 0.5) is 5.69 Å². The number of hydrogen-bond donors (Lipinski definition) is 2. The summed E-state index contributed by atoms with van der Waals surface area (Å²) in [7, 11) is -3.54. The van der Waals surface area contributed by atoms with E-state index in [9.17, 15) is 8.42 Å². The standard InChI is InChI=1S/C9H13ClN2O2S/c1-7(2)11-15(13,14)12-9-6-4-3-5-8(9)10/h3-7,11-12H,1-2H3. The second kappa shape index (κ2) is 4.83. The van der Waals surface area contributed by atoms with Gasteiger partial charge in [0.05, 0.1) is 10.7 Å². The molecule has 0 aliphatic heterocycles. The molecule has 0 heterocycles. The molecule has 0 amide bonds. The van der Waals surface area contributed by atoms with Crippen LogP contribution >= 0.6 is 11.6 Å². The lowest BCUT2D eigenvalue weighted by Crippen LogP contribution is -2.35. The van der Waals surface area contributed by atoms with Gasteiger partial charge in [-0.1, -0.05) is 23.7 Å². The van der Waals surface area contributed by atoms with E-state index >= 15 is 0 Å². The predicted octanol–water partition coefficient (Wildman–Crippen LogP) is 1.99. The second-order valence-corrected chi connectivity index (χ2v) is 5.21. The normalized spacial score (nSPS) is 11.7. The Morgan fingerprint density at radius 1 is 1.27 bits per heavy atom. The average Bonchev–Trinajstić information content (AvgIpc) is 2.06. The molecule has 0 aliphatic carbocycles. The lowest BCUT2D eigenvalue weighted by Gasteiger charge is -2.12. The van der Waals surface area contributed by atoms with Crippen molar-refractivity contribution < 1.29 is 8.42 Å². The third-order valence-electron chi connectivity index (χ3n) is 1.51. The lowest BCUT2D eigenvalue weighted by atomic mass is 10.3. The van der Waals surface area contributed by atoms with Crippen LogP contribution in [0.1, 0.15) is 13.8 Å². The molecule has 0 aromatic heterocycles. The smallest absolute Gasteiger partial charge is 0.270 e. The van der Waals surface area contributed by atoms with E-state index in [4.69, 9.17) is 11.6 Å². The maximum atomic E-state index is 11.5. The summed E-state index contributed by atoms with van der Waals surface area (Å²) in [6.45, 7) is 3.48. The molecule has 6 heteroatoms. The number of nitrogens with one attached hydrogen (secondary N) is 2. The Hall–Kier alpha value is -0.780. The highest BCUT2D eigenvalue weighted by atomic mass is 35.5. The Morgan fingerprint density at radius 2 is 1.87 bits per heavy atom. The monoisotopic (exact) mass is 248 g/mol. The summed E-state index contributed by atoms with van der Waals surface area (Å²) >= 11 is 5.81. The average molecular weight is 249 g/mol. The molecule has 0 atom stereocenters. The molecule has 0 fully saturated rings. The van der Waals surface area contributed by atoms with Gasteiger partial charge >= 0.3 is 0 Å². The van der Waals surface area contributed by atoms with Crippen molar-refractivity contribution in [1.29, 1.82) is 0 Å². The largest absolute Gasteiger partial charge is 0.299 e. The third kappa shape index (κ3) is 4.07. The van der Waals surface area contributed by atoms with Gasteiger partial charge in [0.15, 0.2) is 0 Å². The van der Waals surface area contributed by atoms with Gasteiger partial charge in [-0.05, 0) is 26.0 Å². The van der Waals surface area contributed by atoms with Crippen molar-refractivity contribution in [2.24, 2.45) is 0 Å². The second-order valence-electron chi connectivity index (χ2n) is 3.36. The molecule has 0 saturated carbocycles. The molecular weight excluding hydrogens is 236 g/mol. The van der Waals surface area contributed by atoms with Gasteiger partial charge in [-0.25, -0.2) is 0 Å². The summed E-state index contributed by atoms with van der Waals surface area (Å²) in [6, 6.07) is 6.50. The molecule has 0 saturated heterocycles. The number of rotatable bonds is 4. The Kier molecular flexibility index (Phi) is 3.96. The topological polar surface area (TPSA) is 58.2 Å². The third-order valence-corrected chi connectivity index (χ3v) is 3.11. The van der Waals surface area contributed by atoms with Crippen LogP contribution < -0.4 is 9.44 Å². The highest BCUT2D eigenvalue weighted by molar-refractivity contribution is 7.90. The molecule has 0 unspecified atom stereocenters. The first-order chi connectivity index (χ1) is 6.91. The molecule has 15 heavy (non-hydrogen) atoms. The maximum Gasteiger partial charge on any atom is 0.299 e. The fraction of sp³-hybridized carbons (Fsp3) is 0.333. The van der Waals surface area contributed by atoms with Crippen molar-refractivity contribution in [3.63, 3.8) is 0 Å². The highest BCUT2D eigenvalue weighted by Gasteiger charge is 2.12. The molecule has 1 aromatic carbocycles. The Labute approximate surface area is 94.8 Å². The molecule has 0 aliphatic rings. The van der Waals surface area contributed by atoms with E-state index in [2.05, 4.69) is 9.44 Å². The maximum absolute atomic E-state index is 11.5. The number of anilines is 1. The van der Waals surface area contributed by atoms with E-state index in [0.29, 0.717) is 10.7 Å². The minimum Gasteiger partial charge on any atom is -0.270 e. The molecule has 2 N–H and O–H groups in total. The fourth-order valence-electron chi connectivity index (χ4n) is 1.03. The first-order valence-electron chi connectivity index (χ1n) is 4.45. The van der Waals surface area contributed by atoms with Crippen LogP contribution in [0.15, 0.2) is 24.3 Å². The first kappa shape index (κ1) is 12.3. The Bertz CT molecular complexity index is 431. The van der Waals surface area contributed by atoms with E-state index in [-0.39, 0.29) is 6.04 Å². The minimum atomic E-state index is -3.54. The van der Waals surface area contributed by atoms with Gasteiger partial charge in [0.2, 0.25) is 0 Å². The molecule has 1 aromatic rings. The summed E-state index contributed by atoms with van der Waals surface area (Å²) < 4.78 is 27.7. The zero-order valence-electron chi connectivity index (χ0n) is 8.49. The molecule has 1 rings (SSSR count). The first-order valence-corrected chi connectivity index (χ1v) is 6.31. The summed E-state index contributed by atoms with van der Waals surface area (Å²) in [6.07, 6.45) is 0. The van der Waals surface area contributed by atoms with Crippen LogP contribution in [-0.2, 0) is 10.2 Å². The SMILES string of the molecule is CC(C)NS(=O)(=O)Nc1ccccc1Cl. The Balaban J connectivity index is 2.83. The van der Waals surface area contributed by atoms with Gasteiger partial charge in [-0.3, -0.25) is 4.72 Å². The molecular formula is C9H13ClN2O2S. The fourth-order valence-corrected chi connectivity index (χ4v) is 2.41. The zero-order chi connectivity index (χ0) is 11.5. The van der Waals surface area contributed by atoms with Crippen LogP contribution in [0.3, 0.4) is 0 Å². The zero-order valence-corrected chi connectivity index (χ0v) is 10.1. The van der Waals surface area contributed by atoms with Gasteiger partial charge in [0.25, 0.3) is 10.2 Å². The lowest BCUT2D eigenvalue weighted by molar-refractivity contribution is 0.575. The van der Waals surface area contributed by atoms with Gasteiger partial charge in [0.1, 0.15) is 0 Å². The van der Waals surface area contributed by atoms with Crippen molar-refractivity contribution in [3.8, 4) is 0 Å². The quantitative estimate of drug-likeness (QED) is 0.856. The molecule has 84 valence electrons. The van der Waals surface area contributed by atoms with Gasteiger partial charge in [-0.2, -0.15) is 13.1 Å². The van der Waals surface area contributed by atoms with Crippen molar-refractivity contribution in [1.82, 2.24) is 4.72 Å². The van der Waals surface area contributed by atoms with E-state index < -0.39 is 10.2 Å². The summed E-state index contributed by atoms with van der Waals surface area (Å²) in [5, 5.41) is 0.367. The summed E-state index contributed by atoms with van der Waals surface area (Å²) in [5.74, 6) is 0. The number of halogens is 1. The molecule has 0 spiro atoms. The van der Waals surface area contributed by atoms with Gasteiger partial charge < -0.3 is 0 Å². The van der Waals surface area contributed by atoms with Crippen molar-refractivity contribution in [3.05, 3.63) is 29.3 Å². The van der Waals surface area contributed by atoms with E-state index in [1.807, 2.05) is 0 Å². The Morgan fingerprint density at radius 3 is 2.40 bits per heavy atom. The summed E-state index contributed by atoms with van der Waals surface area (Å²) in [4.78, 5) is 0.